The topological polar surface area (TPSA) is 58.6 Å². The normalized spacial score (nSPS) is 16.8. The molecule has 0 bridgehead atoms. The number of rotatable bonds is 7. The zero-order chi connectivity index (χ0) is 26.1. The maximum absolute atomic E-state index is 13.5. The number of hydrogen-bond acceptors (Lipinski definition) is 5. The van der Waals surface area contributed by atoms with E-state index in [4.69, 9.17) is 27.9 Å². The predicted octanol–water partition coefficient (Wildman–Crippen LogP) is 7.05. The first-order chi connectivity index (χ1) is 16.9. The quantitative estimate of drug-likeness (QED) is 0.326. The van der Waals surface area contributed by atoms with Crippen LogP contribution >= 0.6 is 35.0 Å². The Balaban J connectivity index is 1.53. The molecule has 12 heteroatoms. The van der Waals surface area contributed by atoms with Gasteiger partial charge in [-0.15, -0.1) is 0 Å². The SMILES string of the molecule is CN1CCC(Oc2cc(NS(=O)(=O)c3ccc(Sc4cccc(Cl)c4Cl)cc3)ccc2C(F)(F)F)C1. The molecule has 1 unspecified atom stereocenters. The van der Waals surface area contributed by atoms with Crippen molar-refractivity contribution in [1.29, 1.82) is 0 Å². The summed E-state index contributed by atoms with van der Waals surface area (Å²) in [6.45, 7) is 1.19. The molecule has 1 aliphatic heterocycles. The third kappa shape index (κ3) is 6.41. The third-order valence-corrected chi connectivity index (χ3v) is 8.86. The fourth-order valence-corrected chi connectivity index (χ4v) is 6.07. The summed E-state index contributed by atoms with van der Waals surface area (Å²) in [5, 5.41) is 0.803. The average molecular weight is 577 g/mol. The standard InChI is InChI=1S/C24H21Cl2F3N2O3S2/c1-31-12-11-16(14-31)34-21-13-15(5-10-19(21)24(27,28)29)30-36(32,33)18-8-6-17(7-9-18)35-22-4-2-3-20(25)23(22)26/h2-10,13,16,30H,11-12,14H2,1H3. The van der Waals surface area contributed by atoms with Crippen LogP contribution in [0, 0.1) is 0 Å². The molecule has 0 amide bonds. The number of sulfonamides is 1. The molecule has 192 valence electrons. The lowest BCUT2D eigenvalue weighted by Gasteiger charge is -2.19. The van der Waals surface area contributed by atoms with Gasteiger partial charge in [0, 0.05) is 28.9 Å². The van der Waals surface area contributed by atoms with E-state index in [9.17, 15) is 21.6 Å². The molecule has 1 heterocycles. The van der Waals surface area contributed by atoms with E-state index >= 15 is 0 Å². The number of hydrogen-bond donors (Lipinski definition) is 1. The van der Waals surface area contributed by atoms with Crippen molar-refractivity contribution >= 4 is 50.7 Å². The van der Waals surface area contributed by atoms with Crippen LogP contribution in [0.3, 0.4) is 0 Å². The first kappa shape index (κ1) is 26.9. The van der Waals surface area contributed by atoms with Gasteiger partial charge < -0.3 is 9.64 Å². The fraction of sp³-hybridized carbons (Fsp3) is 0.250. The molecule has 0 aliphatic carbocycles. The van der Waals surface area contributed by atoms with Gasteiger partial charge >= 0.3 is 6.18 Å². The third-order valence-electron chi connectivity index (χ3n) is 5.46. The molecule has 0 radical (unpaired) electrons. The van der Waals surface area contributed by atoms with Crippen molar-refractivity contribution in [2.24, 2.45) is 0 Å². The average Bonchev–Trinajstić information content (AvgIpc) is 3.21. The lowest BCUT2D eigenvalue weighted by atomic mass is 10.1. The summed E-state index contributed by atoms with van der Waals surface area (Å²) in [4.78, 5) is 3.34. The van der Waals surface area contributed by atoms with Gasteiger partial charge in [-0.2, -0.15) is 13.2 Å². The zero-order valence-electron chi connectivity index (χ0n) is 18.9. The monoisotopic (exact) mass is 576 g/mol. The van der Waals surface area contributed by atoms with Gasteiger partial charge in [0.15, 0.2) is 0 Å². The number of likely N-dealkylation sites (tertiary alicyclic amines) is 1. The second kappa shape index (κ2) is 10.7. The Labute approximate surface area is 221 Å². The molecule has 0 saturated carbocycles. The van der Waals surface area contributed by atoms with Crippen LogP contribution in [0.25, 0.3) is 0 Å². The fourth-order valence-electron chi connectivity index (χ4n) is 3.68. The zero-order valence-corrected chi connectivity index (χ0v) is 22.0. The summed E-state index contributed by atoms with van der Waals surface area (Å²) in [6.07, 6.45) is -4.48. The molecular weight excluding hydrogens is 556 g/mol. The number of alkyl halides is 3. The number of ether oxygens (including phenoxy) is 1. The van der Waals surface area contributed by atoms with E-state index in [2.05, 4.69) is 4.72 Å². The van der Waals surface area contributed by atoms with Crippen molar-refractivity contribution in [1.82, 2.24) is 4.90 Å². The van der Waals surface area contributed by atoms with Crippen LogP contribution in [0.4, 0.5) is 18.9 Å². The highest BCUT2D eigenvalue weighted by Gasteiger charge is 2.36. The van der Waals surface area contributed by atoms with Gasteiger partial charge in [0.2, 0.25) is 0 Å². The van der Waals surface area contributed by atoms with E-state index in [1.807, 2.05) is 11.9 Å². The van der Waals surface area contributed by atoms with E-state index in [1.165, 1.54) is 23.9 Å². The molecule has 4 rings (SSSR count). The number of nitrogens with one attached hydrogen (secondary N) is 1. The van der Waals surface area contributed by atoms with E-state index in [0.717, 1.165) is 23.1 Å². The molecule has 0 spiro atoms. The van der Waals surface area contributed by atoms with Crippen molar-refractivity contribution < 1.29 is 26.3 Å². The van der Waals surface area contributed by atoms with Crippen LogP contribution in [0.2, 0.25) is 10.0 Å². The Bertz CT molecular complexity index is 1350. The minimum absolute atomic E-state index is 0.0338. The van der Waals surface area contributed by atoms with Crippen molar-refractivity contribution in [2.45, 2.75) is 33.4 Å². The van der Waals surface area contributed by atoms with Gasteiger partial charge in [0.25, 0.3) is 10.0 Å². The van der Waals surface area contributed by atoms with Gasteiger partial charge in [0.1, 0.15) is 11.9 Å². The van der Waals surface area contributed by atoms with Crippen LogP contribution in [0.5, 0.6) is 5.75 Å². The van der Waals surface area contributed by atoms with Crippen LogP contribution < -0.4 is 9.46 Å². The Morgan fingerprint density at radius 3 is 2.44 bits per heavy atom. The van der Waals surface area contributed by atoms with Crippen LogP contribution in [0.1, 0.15) is 12.0 Å². The van der Waals surface area contributed by atoms with E-state index in [1.54, 1.807) is 30.3 Å². The van der Waals surface area contributed by atoms with Crippen molar-refractivity contribution in [3.05, 3.63) is 76.3 Å². The van der Waals surface area contributed by atoms with E-state index in [0.29, 0.717) is 34.5 Å². The summed E-state index contributed by atoms with van der Waals surface area (Å²) in [5.74, 6) is -0.409. The molecule has 1 atom stereocenters. The Hall–Kier alpha value is -2.11. The lowest BCUT2D eigenvalue weighted by molar-refractivity contribution is -0.139. The molecule has 1 saturated heterocycles. The van der Waals surface area contributed by atoms with Gasteiger partial charge in [-0.1, -0.05) is 41.0 Å². The summed E-state index contributed by atoms with van der Waals surface area (Å²) in [6, 6.07) is 14.2. The minimum Gasteiger partial charge on any atom is -0.488 e. The molecule has 3 aromatic rings. The molecule has 3 aromatic carbocycles. The summed E-state index contributed by atoms with van der Waals surface area (Å²) >= 11 is 13.6. The predicted molar refractivity (Wildman–Crippen MR) is 136 cm³/mol. The van der Waals surface area contributed by atoms with Gasteiger partial charge in [0.05, 0.1) is 26.2 Å². The van der Waals surface area contributed by atoms with E-state index in [-0.39, 0.29) is 10.6 Å². The molecule has 36 heavy (non-hydrogen) atoms. The van der Waals surface area contributed by atoms with Gasteiger partial charge in [-0.05, 0) is 62.0 Å². The molecular formula is C24H21Cl2F3N2O3S2. The maximum atomic E-state index is 13.5. The van der Waals surface area contributed by atoms with E-state index < -0.39 is 33.6 Å². The highest BCUT2D eigenvalue weighted by molar-refractivity contribution is 7.99. The first-order valence-corrected chi connectivity index (χ1v) is 13.8. The second-order valence-corrected chi connectivity index (χ2v) is 11.8. The van der Waals surface area contributed by atoms with Crippen molar-refractivity contribution in [3.8, 4) is 5.75 Å². The smallest absolute Gasteiger partial charge is 0.419 e. The molecule has 1 fully saturated rings. The maximum Gasteiger partial charge on any atom is 0.419 e. The van der Waals surface area contributed by atoms with Gasteiger partial charge in [-0.3, -0.25) is 4.72 Å². The summed E-state index contributed by atoms with van der Waals surface area (Å²) in [5.41, 5.74) is -0.991. The number of anilines is 1. The molecule has 0 aromatic heterocycles. The molecule has 1 N–H and O–H groups in total. The lowest BCUT2D eigenvalue weighted by Crippen LogP contribution is -2.23. The first-order valence-electron chi connectivity index (χ1n) is 10.7. The molecule has 1 aliphatic rings. The number of nitrogens with zero attached hydrogens (tertiary/aromatic N) is 1. The minimum atomic E-state index is -4.64. The summed E-state index contributed by atoms with van der Waals surface area (Å²) in [7, 11) is -2.22. The number of benzene rings is 3. The van der Waals surface area contributed by atoms with Crippen LogP contribution in [-0.4, -0.2) is 39.6 Å². The highest BCUT2D eigenvalue weighted by atomic mass is 35.5. The number of halogens is 5. The Morgan fingerprint density at radius 1 is 1.08 bits per heavy atom. The van der Waals surface area contributed by atoms with Gasteiger partial charge in [-0.25, -0.2) is 8.42 Å². The Kier molecular flexibility index (Phi) is 8.01. The second-order valence-electron chi connectivity index (χ2n) is 8.23. The highest BCUT2D eigenvalue weighted by Crippen LogP contribution is 2.40. The van der Waals surface area contributed by atoms with Crippen LogP contribution in [0.15, 0.2) is 75.4 Å². The molecule has 5 nitrogen and oxygen atoms in total. The summed E-state index contributed by atoms with van der Waals surface area (Å²) < 4.78 is 74.4. The largest absolute Gasteiger partial charge is 0.488 e. The van der Waals surface area contributed by atoms with Crippen molar-refractivity contribution in [2.75, 3.05) is 24.9 Å². The van der Waals surface area contributed by atoms with Crippen LogP contribution in [-0.2, 0) is 16.2 Å². The number of likely N-dealkylation sites (N-methyl/N-ethyl adjacent to an activating group) is 1. The Morgan fingerprint density at radius 2 is 1.81 bits per heavy atom. The van der Waals surface area contributed by atoms with Crippen molar-refractivity contribution in [3.63, 3.8) is 0 Å².